The van der Waals surface area contributed by atoms with Gasteiger partial charge in [-0.15, -0.1) is 24.0 Å². The Morgan fingerprint density at radius 1 is 1.03 bits per heavy atom. The molecule has 0 radical (unpaired) electrons. The third-order valence-electron chi connectivity index (χ3n) is 4.44. The van der Waals surface area contributed by atoms with Crippen LogP contribution in [0.15, 0.2) is 58.4 Å². The largest absolute Gasteiger partial charge is 0.416 e. The van der Waals surface area contributed by atoms with Crippen molar-refractivity contribution in [2.45, 2.75) is 24.2 Å². The number of halogens is 4. The van der Waals surface area contributed by atoms with E-state index >= 15 is 0 Å². The average Bonchev–Trinajstić information content (AvgIpc) is 2.68. The second-order valence-electron chi connectivity index (χ2n) is 6.85. The molecule has 0 spiro atoms. The molecule has 6 nitrogen and oxygen atoms in total. The highest BCUT2D eigenvalue weighted by Gasteiger charge is 2.30. The third-order valence-corrected chi connectivity index (χ3v) is 6.36. The first-order valence-corrected chi connectivity index (χ1v) is 10.5. The number of sulfonamides is 1. The second-order valence-corrected chi connectivity index (χ2v) is 8.97. The van der Waals surface area contributed by atoms with E-state index in [9.17, 15) is 21.6 Å². The Morgan fingerprint density at radius 2 is 1.61 bits per heavy atom. The maximum absolute atomic E-state index is 12.7. The number of benzene rings is 2. The minimum Gasteiger partial charge on any atom is -0.352 e. The van der Waals surface area contributed by atoms with E-state index in [2.05, 4.69) is 10.3 Å². The molecule has 0 saturated carbocycles. The summed E-state index contributed by atoms with van der Waals surface area (Å²) >= 11 is 0. The van der Waals surface area contributed by atoms with Gasteiger partial charge in [-0.2, -0.15) is 13.2 Å². The van der Waals surface area contributed by atoms with Crippen LogP contribution in [0.4, 0.5) is 13.2 Å². The van der Waals surface area contributed by atoms with E-state index in [1.807, 2.05) is 0 Å². The summed E-state index contributed by atoms with van der Waals surface area (Å²) in [6, 6.07) is 11.6. The zero-order valence-electron chi connectivity index (χ0n) is 17.6. The summed E-state index contributed by atoms with van der Waals surface area (Å²) in [5.74, 6) is 0.479. The van der Waals surface area contributed by atoms with E-state index in [-0.39, 0.29) is 35.4 Å². The Kier molecular flexibility index (Phi) is 9.76. The number of guanidine groups is 1. The first-order chi connectivity index (χ1) is 14.0. The van der Waals surface area contributed by atoms with Gasteiger partial charge in [0.15, 0.2) is 5.96 Å². The monoisotopic (exact) mass is 570 g/mol. The van der Waals surface area contributed by atoms with E-state index < -0.39 is 21.8 Å². The fourth-order valence-corrected chi connectivity index (χ4v) is 3.92. The van der Waals surface area contributed by atoms with Gasteiger partial charge in [0.05, 0.1) is 10.5 Å². The van der Waals surface area contributed by atoms with Gasteiger partial charge in [0.25, 0.3) is 0 Å². The van der Waals surface area contributed by atoms with Crippen LogP contribution in [0.25, 0.3) is 0 Å². The molecule has 2 rings (SSSR count). The summed E-state index contributed by atoms with van der Waals surface area (Å²) in [7, 11) is 2.66. The smallest absolute Gasteiger partial charge is 0.352 e. The fraction of sp³-hybridized carbons (Fsp3) is 0.350. The molecule has 0 aromatic heterocycles. The van der Waals surface area contributed by atoms with Gasteiger partial charge in [-0.05, 0) is 29.3 Å². The van der Waals surface area contributed by atoms with E-state index in [0.29, 0.717) is 23.6 Å². The van der Waals surface area contributed by atoms with Gasteiger partial charge in [0.2, 0.25) is 10.0 Å². The molecule has 11 heteroatoms. The molecule has 0 amide bonds. The molecule has 0 aliphatic carbocycles. The van der Waals surface area contributed by atoms with Crippen molar-refractivity contribution in [1.29, 1.82) is 0 Å². The highest BCUT2D eigenvalue weighted by atomic mass is 127. The second kappa shape index (κ2) is 11.1. The number of nitrogens with zero attached hydrogens (tertiary/aromatic N) is 3. The lowest BCUT2D eigenvalue weighted by Crippen LogP contribution is -2.38. The lowest BCUT2D eigenvalue weighted by atomic mass is 10.1. The molecular weight excluding hydrogens is 544 g/mol. The van der Waals surface area contributed by atoms with Crippen LogP contribution in [-0.4, -0.2) is 51.8 Å². The molecule has 31 heavy (non-hydrogen) atoms. The van der Waals surface area contributed by atoms with Crippen LogP contribution in [0.5, 0.6) is 0 Å². The maximum Gasteiger partial charge on any atom is 0.416 e. The minimum absolute atomic E-state index is 0. The van der Waals surface area contributed by atoms with Crippen LogP contribution in [0, 0.1) is 0 Å². The zero-order chi connectivity index (χ0) is 22.5. The van der Waals surface area contributed by atoms with Crippen molar-refractivity contribution in [3.05, 3.63) is 65.2 Å². The molecule has 0 atom stereocenters. The Morgan fingerprint density at radius 3 is 2.13 bits per heavy atom. The first-order valence-electron chi connectivity index (χ1n) is 9.05. The summed E-state index contributed by atoms with van der Waals surface area (Å²) < 4.78 is 64.3. The normalized spacial score (nSPS) is 12.5. The highest BCUT2D eigenvalue weighted by Crippen LogP contribution is 2.29. The molecular formula is C20H26F3IN4O2S. The molecule has 0 aliphatic rings. The number of nitrogens with one attached hydrogen (secondary N) is 1. The summed E-state index contributed by atoms with van der Waals surface area (Å²) in [5, 5.41) is 3.11. The minimum atomic E-state index is -4.37. The zero-order valence-corrected chi connectivity index (χ0v) is 20.8. The number of aliphatic imine (C=N–C) groups is 1. The van der Waals surface area contributed by atoms with Gasteiger partial charge in [-0.3, -0.25) is 4.99 Å². The van der Waals surface area contributed by atoms with Crippen LogP contribution < -0.4 is 5.32 Å². The molecule has 0 aliphatic heterocycles. The number of hydrogen-bond acceptors (Lipinski definition) is 3. The average molecular weight is 570 g/mol. The van der Waals surface area contributed by atoms with E-state index in [1.54, 1.807) is 43.3 Å². The predicted octanol–water partition coefficient (Wildman–Crippen LogP) is 3.78. The molecule has 172 valence electrons. The Bertz CT molecular complexity index is 994. The van der Waals surface area contributed by atoms with Gasteiger partial charge in [-0.1, -0.05) is 30.3 Å². The molecule has 0 unspecified atom stereocenters. The molecule has 0 saturated heterocycles. The third kappa shape index (κ3) is 7.07. The van der Waals surface area contributed by atoms with E-state index in [0.717, 1.165) is 16.4 Å². The number of alkyl halides is 3. The summed E-state index contributed by atoms with van der Waals surface area (Å²) in [5.41, 5.74) is 0.564. The predicted molar refractivity (Wildman–Crippen MR) is 126 cm³/mol. The van der Waals surface area contributed by atoms with Crippen molar-refractivity contribution in [2.24, 2.45) is 4.99 Å². The number of rotatable bonds is 6. The summed E-state index contributed by atoms with van der Waals surface area (Å²) in [6.45, 7) is 0.544. The maximum atomic E-state index is 12.7. The standard InChI is InChI=1S/C20H25F3N4O2S.HI/c1-24-19(27(4)14-15-9-11-17(12-10-15)20(21,22)23)25-13-16-7-5-6-8-18(16)30(28,29)26(2)3;/h5-12H,13-14H2,1-4H3,(H,24,25);1H. The van der Waals surface area contributed by atoms with E-state index in [4.69, 9.17) is 0 Å². The topological polar surface area (TPSA) is 65.0 Å². The SMILES string of the molecule is CN=C(NCc1ccccc1S(=O)(=O)N(C)C)N(C)Cc1ccc(C(F)(F)F)cc1.I. The summed E-state index contributed by atoms with van der Waals surface area (Å²) in [6.07, 6.45) is -4.37. The molecule has 0 bridgehead atoms. The van der Waals surface area contributed by atoms with Crippen LogP contribution >= 0.6 is 24.0 Å². The van der Waals surface area contributed by atoms with Crippen LogP contribution in [0.2, 0.25) is 0 Å². The van der Waals surface area contributed by atoms with Gasteiger partial charge in [-0.25, -0.2) is 12.7 Å². The quantitative estimate of drug-likeness (QED) is 0.327. The molecule has 2 aromatic rings. The number of hydrogen-bond donors (Lipinski definition) is 1. The summed E-state index contributed by atoms with van der Waals surface area (Å²) in [4.78, 5) is 6.11. The van der Waals surface area contributed by atoms with Crippen LogP contribution in [0.3, 0.4) is 0 Å². The van der Waals surface area contributed by atoms with Crippen molar-refractivity contribution >= 4 is 40.0 Å². The molecule has 2 aromatic carbocycles. The van der Waals surface area contributed by atoms with Crippen molar-refractivity contribution in [3.8, 4) is 0 Å². The van der Waals surface area contributed by atoms with Crippen molar-refractivity contribution < 1.29 is 21.6 Å². The van der Waals surface area contributed by atoms with Crippen LogP contribution in [-0.2, 0) is 29.3 Å². The van der Waals surface area contributed by atoms with Crippen LogP contribution in [0.1, 0.15) is 16.7 Å². The Hall–Kier alpha value is -1.86. The van der Waals surface area contributed by atoms with Crippen molar-refractivity contribution in [1.82, 2.24) is 14.5 Å². The van der Waals surface area contributed by atoms with Gasteiger partial charge < -0.3 is 10.2 Å². The molecule has 0 fully saturated rings. The first kappa shape index (κ1) is 27.2. The Labute approximate surface area is 198 Å². The Balaban J connectivity index is 0.00000480. The lowest BCUT2D eigenvalue weighted by molar-refractivity contribution is -0.137. The van der Waals surface area contributed by atoms with Crippen molar-refractivity contribution in [2.75, 3.05) is 28.2 Å². The van der Waals surface area contributed by atoms with Gasteiger partial charge in [0.1, 0.15) is 0 Å². The highest BCUT2D eigenvalue weighted by molar-refractivity contribution is 14.0. The molecule has 0 heterocycles. The van der Waals surface area contributed by atoms with Gasteiger partial charge in [0, 0.05) is 41.3 Å². The van der Waals surface area contributed by atoms with Gasteiger partial charge >= 0.3 is 6.18 Å². The molecule has 1 N–H and O–H groups in total. The lowest BCUT2D eigenvalue weighted by Gasteiger charge is -2.23. The van der Waals surface area contributed by atoms with Crippen molar-refractivity contribution in [3.63, 3.8) is 0 Å². The fourth-order valence-electron chi connectivity index (χ4n) is 2.81. The van der Waals surface area contributed by atoms with E-state index in [1.165, 1.54) is 26.2 Å².